The lowest BCUT2D eigenvalue weighted by Gasteiger charge is -2.39. The maximum atomic E-state index is 11.5. The monoisotopic (exact) mass is 345 g/mol. The first-order chi connectivity index (χ1) is 12.3. The van der Waals surface area contributed by atoms with Crippen molar-refractivity contribution < 1.29 is 14.3 Å². The van der Waals surface area contributed by atoms with Gasteiger partial charge in [-0.15, -0.1) is 0 Å². The Morgan fingerprint density at radius 1 is 1.08 bits per heavy atom. The third-order valence-corrected chi connectivity index (χ3v) is 5.47. The number of nitrogens with zero attached hydrogens (tertiary/aromatic N) is 2. The number of rotatable bonds is 3. The zero-order chi connectivity index (χ0) is 17.1. The van der Waals surface area contributed by atoms with E-state index in [0.717, 1.165) is 63.6 Å². The van der Waals surface area contributed by atoms with E-state index in [1.807, 2.05) is 6.07 Å². The Kier molecular flexibility index (Phi) is 5.08. The molecule has 3 aliphatic rings. The van der Waals surface area contributed by atoms with Gasteiger partial charge in [0, 0.05) is 57.3 Å². The van der Waals surface area contributed by atoms with E-state index in [4.69, 9.17) is 9.47 Å². The highest BCUT2D eigenvalue weighted by atomic mass is 16.6. The molecule has 0 spiro atoms. The molecule has 6 nitrogen and oxygen atoms in total. The maximum Gasteiger partial charge on any atom is 0.220 e. The smallest absolute Gasteiger partial charge is 0.220 e. The number of nitrogens with one attached hydrogen (secondary N) is 1. The lowest BCUT2D eigenvalue weighted by molar-refractivity contribution is -0.120. The largest absolute Gasteiger partial charge is 0.486 e. The van der Waals surface area contributed by atoms with Crippen molar-refractivity contribution in [3.05, 3.63) is 23.8 Å². The predicted octanol–water partition coefficient (Wildman–Crippen LogP) is 1.24. The van der Waals surface area contributed by atoms with Crippen molar-refractivity contribution in [3.8, 4) is 11.5 Å². The number of para-hydroxylation sites is 1. The van der Waals surface area contributed by atoms with Crippen molar-refractivity contribution in [1.29, 1.82) is 0 Å². The SMILES string of the molecule is O=C1CC[C@H](N2CCN(Cc3cccc4c3OCCO4)CC2)CCN1. The van der Waals surface area contributed by atoms with E-state index in [9.17, 15) is 4.79 Å². The summed E-state index contributed by atoms with van der Waals surface area (Å²) >= 11 is 0. The molecule has 1 amide bonds. The molecule has 3 aliphatic heterocycles. The lowest BCUT2D eigenvalue weighted by Crippen LogP contribution is -2.50. The first-order valence-electron chi connectivity index (χ1n) is 9.40. The Balaban J connectivity index is 1.33. The number of ether oxygens (including phenoxy) is 2. The number of hydrogen-bond donors (Lipinski definition) is 1. The molecule has 4 rings (SSSR count). The van der Waals surface area contributed by atoms with Crippen molar-refractivity contribution >= 4 is 5.91 Å². The van der Waals surface area contributed by atoms with Crippen LogP contribution in [0.2, 0.25) is 0 Å². The van der Waals surface area contributed by atoms with Crippen molar-refractivity contribution in [1.82, 2.24) is 15.1 Å². The Morgan fingerprint density at radius 2 is 1.92 bits per heavy atom. The molecule has 2 fully saturated rings. The topological polar surface area (TPSA) is 54.0 Å². The molecule has 1 aromatic rings. The van der Waals surface area contributed by atoms with Crippen LogP contribution < -0.4 is 14.8 Å². The second kappa shape index (κ2) is 7.62. The fourth-order valence-corrected chi connectivity index (χ4v) is 4.06. The molecule has 0 saturated carbocycles. The first-order valence-corrected chi connectivity index (χ1v) is 9.40. The van der Waals surface area contributed by atoms with Crippen LogP contribution >= 0.6 is 0 Å². The molecular weight excluding hydrogens is 318 g/mol. The minimum atomic E-state index is 0.206. The number of carbonyl (C=O) groups excluding carboxylic acids is 1. The third kappa shape index (κ3) is 3.90. The number of hydrogen-bond acceptors (Lipinski definition) is 5. The summed E-state index contributed by atoms with van der Waals surface area (Å²) in [6.45, 7) is 7.25. The van der Waals surface area contributed by atoms with Gasteiger partial charge in [-0.05, 0) is 18.9 Å². The van der Waals surface area contributed by atoms with Gasteiger partial charge in [-0.2, -0.15) is 0 Å². The average molecular weight is 345 g/mol. The molecule has 3 heterocycles. The van der Waals surface area contributed by atoms with Gasteiger partial charge in [0.05, 0.1) is 0 Å². The van der Waals surface area contributed by atoms with E-state index in [1.165, 1.54) is 5.56 Å². The molecular formula is C19H27N3O3. The zero-order valence-electron chi connectivity index (χ0n) is 14.7. The van der Waals surface area contributed by atoms with Crippen LogP contribution in [0.4, 0.5) is 0 Å². The second-order valence-electron chi connectivity index (χ2n) is 7.08. The highest BCUT2D eigenvalue weighted by molar-refractivity contribution is 5.76. The average Bonchev–Trinajstić information content (AvgIpc) is 2.87. The number of piperazine rings is 1. The van der Waals surface area contributed by atoms with E-state index >= 15 is 0 Å². The summed E-state index contributed by atoms with van der Waals surface area (Å²) in [5.41, 5.74) is 1.22. The molecule has 0 bridgehead atoms. The Morgan fingerprint density at radius 3 is 2.80 bits per heavy atom. The highest BCUT2D eigenvalue weighted by Gasteiger charge is 2.26. The van der Waals surface area contributed by atoms with Gasteiger partial charge in [-0.3, -0.25) is 14.6 Å². The minimum absolute atomic E-state index is 0.206. The molecule has 0 aromatic heterocycles. The Labute approximate surface area is 149 Å². The summed E-state index contributed by atoms with van der Waals surface area (Å²) in [6.07, 6.45) is 2.73. The Bertz CT molecular complexity index is 614. The van der Waals surface area contributed by atoms with Crippen LogP contribution in [0.5, 0.6) is 11.5 Å². The molecule has 1 atom stereocenters. The Hall–Kier alpha value is -1.79. The van der Waals surface area contributed by atoms with Crippen molar-refractivity contribution in [2.45, 2.75) is 31.8 Å². The van der Waals surface area contributed by atoms with Crippen LogP contribution in [0, 0.1) is 0 Å². The summed E-state index contributed by atoms with van der Waals surface area (Å²) in [5, 5.41) is 2.98. The van der Waals surface area contributed by atoms with E-state index in [1.54, 1.807) is 0 Å². The van der Waals surface area contributed by atoms with Gasteiger partial charge in [0.1, 0.15) is 13.2 Å². The summed E-state index contributed by atoms with van der Waals surface area (Å²) < 4.78 is 11.5. The quantitative estimate of drug-likeness (QED) is 0.893. The molecule has 136 valence electrons. The number of carbonyl (C=O) groups is 1. The lowest BCUT2D eigenvalue weighted by atomic mass is 10.1. The number of fused-ring (bicyclic) bond motifs is 1. The molecule has 0 radical (unpaired) electrons. The van der Waals surface area contributed by atoms with Crippen LogP contribution in [0.25, 0.3) is 0 Å². The summed E-state index contributed by atoms with van der Waals surface area (Å²) in [4.78, 5) is 16.6. The van der Waals surface area contributed by atoms with Crippen LogP contribution in [0.15, 0.2) is 18.2 Å². The predicted molar refractivity (Wildman–Crippen MR) is 94.9 cm³/mol. The minimum Gasteiger partial charge on any atom is -0.486 e. The number of benzene rings is 1. The van der Waals surface area contributed by atoms with Gasteiger partial charge in [0.25, 0.3) is 0 Å². The first kappa shape index (κ1) is 16.7. The zero-order valence-corrected chi connectivity index (χ0v) is 14.7. The van der Waals surface area contributed by atoms with Crippen LogP contribution in [0.1, 0.15) is 24.8 Å². The molecule has 1 aromatic carbocycles. The van der Waals surface area contributed by atoms with Gasteiger partial charge in [0.15, 0.2) is 11.5 Å². The van der Waals surface area contributed by atoms with Gasteiger partial charge in [0.2, 0.25) is 5.91 Å². The molecule has 0 unspecified atom stereocenters. The van der Waals surface area contributed by atoms with E-state index in [2.05, 4.69) is 27.2 Å². The van der Waals surface area contributed by atoms with Crippen molar-refractivity contribution in [3.63, 3.8) is 0 Å². The highest BCUT2D eigenvalue weighted by Crippen LogP contribution is 2.34. The van der Waals surface area contributed by atoms with E-state index < -0.39 is 0 Å². The number of amides is 1. The summed E-state index contributed by atoms with van der Waals surface area (Å²) in [7, 11) is 0. The molecule has 1 N–H and O–H groups in total. The summed E-state index contributed by atoms with van der Waals surface area (Å²) in [6, 6.07) is 6.72. The molecule has 0 aliphatic carbocycles. The second-order valence-corrected chi connectivity index (χ2v) is 7.08. The van der Waals surface area contributed by atoms with Crippen molar-refractivity contribution in [2.24, 2.45) is 0 Å². The van der Waals surface area contributed by atoms with Crippen molar-refractivity contribution in [2.75, 3.05) is 45.9 Å². The third-order valence-electron chi connectivity index (χ3n) is 5.47. The van der Waals surface area contributed by atoms with Crippen LogP contribution in [-0.2, 0) is 11.3 Å². The van der Waals surface area contributed by atoms with Crippen LogP contribution in [-0.4, -0.2) is 67.7 Å². The molecule has 25 heavy (non-hydrogen) atoms. The normalized spacial score (nSPS) is 25.3. The summed E-state index contributed by atoms with van der Waals surface area (Å²) in [5.74, 6) is 2.00. The standard InChI is InChI=1S/C19H27N3O3/c23-18-5-4-16(6-7-20-18)22-10-8-21(9-11-22)14-15-2-1-3-17-19(15)25-13-12-24-17/h1-3,16H,4-14H2,(H,20,23)/t16-/m0/s1. The van der Waals surface area contributed by atoms with Gasteiger partial charge < -0.3 is 14.8 Å². The maximum absolute atomic E-state index is 11.5. The fraction of sp³-hybridized carbons (Fsp3) is 0.632. The van der Waals surface area contributed by atoms with Gasteiger partial charge in [-0.25, -0.2) is 0 Å². The van der Waals surface area contributed by atoms with Gasteiger partial charge >= 0.3 is 0 Å². The molecule has 6 heteroatoms. The van der Waals surface area contributed by atoms with Gasteiger partial charge in [-0.1, -0.05) is 12.1 Å². The molecule has 2 saturated heterocycles. The van der Waals surface area contributed by atoms with E-state index in [0.29, 0.717) is 25.7 Å². The van der Waals surface area contributed by atoms with E-state index in [-0.39, 0.29) is 5.91 Å². The fourth-order valence-electron chi connectivity index (χ4n) is 4.06. The van der Waals surface area contributed by atoms with Crippen LogP contribution in [0.3, 0.4) is 0 Å².